The van der Waals surface area contributed by atoms with Crippen LogP contribution in [0.4, 0.5) is 13.2 Å². The SMILES string of the molecule is CNCCC1CCN(S(=O)(=O)c2cccc(OC(F)(F)F)c2)CC1. The molecule has 1 fully saturated rings. The molecule has 1 aromatic rings. The van der Waals surface area contributed by atoms with Crippen LogP contribution in [-0.4, -0.2) is 45.8 Å². The summed E-state index contributed by atoms with van der Waals surface area (Å²) in [4.78, 5) is -0.182. The van der Waals surface area contributed by atoms with Crippen molar-refractivity contribution >= 4 is 10.0 Å². The smallest absolute Gasteiger partial charge is 0.406 e. The molecule has 1 saturated heterocycles. The molecule has 0 bridgehead atoms. The van der Waals surface area contributed by atoms with Crippen LogP contribution in [0.25, 0.3) is 0 Å². The summed E-state index contributed by atoms with van der Waals surface area (Å²) in [7, 11) is -1.94. The summed E-state index contributed by atoms with van der Waals surface area (Å²) < 4.78 is 67.2. The van der Waals surface area contributed by atoms with Gasteiger partial charge >= 0.3 is 6.36 Å². The number of hydrogen-bond acceptors (Lipinski definition) is 4. The Labute approximate surface area is 139 Å². The Balaban J connectivity index is 2.07. The molecular weight excluding hydrogens is 345 g/mol. The molecule has 0 saturated carbocycles. The zero-order valence-electron chi connectivity index (χ0n) is 13.3. The van der Waals surface area contributed by atoms with Gasteiger partial charge in [0.05, 0.1) is 4.90 Å². The number of nitrogens with zero attached hydrogens (tertiary/aromatic N) is 1. The number of sulfonamides is 1. The normalized spacial score (nSPS) is 17.8. The highest BCUT2D eigenvalue weighted by Gasteiger charge is 2.33. The molecule has 0 amide bonds. The fourth-order valence-electron chi connectivity index (χ4n) is 2.77. The minimum absolute atomic E-state index is 0.182. The van der Waals surface area contributed by atoms with Gasteiger partial charge in [0.2, 0.25) is 10.0 Å². The lowest BCUT2D eigenvalue weighted by atomic mass is 9.95. The van der Waals surface area contributed by atoms with Crippen LogP contribution in [0, 0.1) is 5.92 Å². The van der Waals surface area contributed by atoms with Crippen molar-refractivity contribution < 1.29 is 26.3 Å². The number of rotatable bonds is 6. The van der Waals surface area contributed by atoms with Crippen LogP contribution in [0.1, 0.15) is 19.3 Å². The van der Waals surface area contributed by atoms with Gasteiger partial charge in [-0.15, -0.1) is 13.2 Å². The molecule has 136 valence electrons. The molecule has 2 rings (SSSR count). The lowest BCUT2D eigenvalue weighted by Crippen LogP contribution is -2.38. The maximum absolute atomic E-state index is 12.6. The third kappa shape index (κ3) is 5.09. The lowest BCUT2D eigenvalue weighted by Gasteiger charge is -2.31. The summed E-state index contributed by atoms with van der Waals surface area (Å²) in [6, 6.07) is 4.52. The van der Waals surface area contributed by atoms with E-state index >= 15 is 0 Å². The van der Waals surface area contributed by atoms with Crippen LogP contribution in [-0.2, 0) is 10.0 Å². The van der Waals surface area contributed by atoms with Gasteiger partial charge in [0.1, 0.15) is 5.75 Å². The number of alkyl halides is 3. The molecule has 1 N–H and O–H groups in total. The molecule has 1 aliphatic heterocycles. The zero-order chi connectivity index (χ0) is 17.8. The fraction of sp³-hybridized carbons (Fsp3) is 0.600. The molecule has 1 aliphatic rings. The summed E-state index contributed by atoms with van der Waals surface area (Å²) in [6.07, 6.45) is -2.37. The fourth-order valence-corrected chi connectivity index (χ4v) is 4.27. The monoisotopic (exact) mass is 366 g/mol. The third-order valence-electron chi connectivity index (χ3n) is 4.05. The molecule has 0 aromatic heterocycles. The Kier molecular flexibility index (Phi) is 6.11. The Morgan fingerprint density at radius 1 is 1.29 bits per heavy atom. The highest BCUT2D eigenvalue weighted by molar-refractivity contribution is 7.89. The zero-order valence-corrected chi connectivity index (χ0v) is 14.2. The van der Waals surface area contributed by atoms with Crippen molar-refractivity contribution in [2.24, 2.45) is 5.92 Å². The first-order valence-electron chi connectivity index (χ1n) is 7.73. The average Bonchev–Trinajstić information content (AvgIpc) is 2.52. The van der Waals surface area contributed by atoms with Crippen molar-refractivity contribution in [1.82, 2.24) is 9.62 Å². The van der Waals surface area contributed by atoms with Crippen molar-refractivity contribution in [2.45, 2.75) is 30.5 Å². The van der Waals surface area contributed by atoms with Gasteiger partial charge in [-0.05, 0) is 50.9 Å². The Bertz CT molecular complexity index is 642. The number of benzene rings is 1. The first-order chi connectivity index (χ1) is 11.2. The molecule has 9 heteroatoms. The summed E-state index contributed by atoms with van der Waals surface area (Å²) in [5.41, 5.74) is 0. The van der Waals surface area contributed by atoms with E-state index in [2.05, 4.69) is 10.1 Å². The number of halogens is 3. The highest BCUT2D eigenvalue weighted by Crippen LogP contribution is 2.29. The topological polar surface area (TPSA) is 58.6 Å². The van der Waals surface area contributed by atoms with Crippen LogP contribution < -0.4 is 10.1 Å². The molecule has 0 radical (unpaired) electrons. The maximum Gasteiger partial charge on any atom is 0.573 e. The Hall–Kier alpha value is -1.32. The predicted octanol–water partition coefficient (Wildman–Crippen LogP) is 2.60. The predicted molar refractivity (Wildman–Crippen MR) is 83.2 cm³/mol. The molecule has 0 aliphatic carbocycles. The van der Waals surface area contributed by atoms with Crippen molar-refractivity contribution in [3.8, 4) is 5.75 Å². The summed E-state index contributed by atoms with van der Waals surface area (Å²) >= 11 is 0. The average molecular weight is 366 g/mol. The van der Waals surface area contributed by atoms with E-state index in [9.17, 15) is 21.6 Å². The molecule has 0 atom stereocenters. The first-order valence-corrected chi connectivity index (χ1v) is 9.17. The molecular formula is C15H21F3N2O3S. The van der Waals surface area contributed by atoms with Gasteiger partial charge < -0.3 is 10.1 Å². The van der Waals surface area contributed by atoms with Gasteiger partial charge in [0.25, 0.3) is 0 Å². The van der Waals surface area contributed by atoms with Crippen LogP contribution in [0.15, 0.2) is 29.2 Å². The summed E-state index contributed by atoms with van der Waals surface area (Å²) in [6.45, 7) is 1.64. The minimum Gasteiger partial charge on any atom is -0.406 e. The number of piperidine rings is 1. The van der Waals surface area contributed by atoms with Gasteiger partial charge in [-0.2, -0.15) is 4.31 Å². The van der Waals surface area contributed by atoms with Crippen molar-refractivity contribution in [2.75, 3.05) is 26.7 Å². The molecule has 0 unspecified atom stereocenters. The van der Waals surface area contributed by atoms with Crippen LogP contribution >= 0.6 is 0 Å². The van der Waals surface area contributed by atoms with Crippen molar-refractivity contribution in [3.05, 3.63) is 24.3 Å². The second-order valence-electron chi connectivity index (χ2n) is 5.76. The standard InChI is InChI=1S/C15H21F3N2O3S/c1-19-8-5-12-6-9-20(10-7-12)24(21,22)14-4-2-3-13(11-14)23-15(16,17)18/h2-4,11-12,19H,5-10H2,1H3. The van der Waals surface area contributed by atoms with Crippen molar-refractivity contribution in [3.63, 3.8) is 0 Å². The number of hydrogen-bond donors (Lipinski definition) is 1. The van der Waals surface area contributed by atoms with Gasteiger partial charge in [-0.25, -0.2) is 8.42 Å². The van der Waals surface area contributed by atoms with E-state index in [1.807, 2.05) is 7.05 Å². The van der Waals surface area contributed by atoms with E-state index in [1.54, 1.807) is 0 Å². The van der Waals surface area contributed by atoms with Gasteiger partial charge in [-0.3, -0.25) is 0 Å². The van der Waals surface area contributed by atoms with Crippen LogP contribution in [0.2, 0.25) is 0 Å². The Morgan fingerprint density at radius 3 is 2.54 bits per heavy atom. The Morgan fingerprint density at radius 2 is 1.96 bits per heavy atom. The largest absolute Gasteiger partial charge is 0.573 e. The van der Waals surface area contributed by atoms with Crippen molar-refractivity contribution in [1.29, 1.82) is 0 Å². The van der Waals surface area contributed by atoms with E-state index in [1.165, 1.54) is 16.4 Å². The third-order valence-corrected chi connectivity index (χ3v) is 5.95. The number of ether oxygens (including phenoxy) is 1. The molecule has 0 spiro atoms. The minimum atomic E-state index is -4.85. The second-order valence-corrected chi connectivity index (χ2v) is 7.70. The van der Waals surface area contributed by atoms with E-state index in [0.717, 1.165) is 37.9 Å². The van der Waals surface area contributed by atoms with Gasteiger partial charge in [-0.1, -0.05) is 6.07 Å². The lowest BCUT2D eigenvalue weighted by molar-refractivity contribution is -0.274. The van der Waals surface area contributed by atoms with Gasteiger partial charge in [0, 0.05) is 19.2 Å². The molecule has 1 heterocycles. The molecule has 5 nitrogen and oxygen atoms in total. The van der Waals surface area contributed by atoms with Crippen LogP contribution in [0.5, 0.6) is 5.75 Å². The van der Waals surface area contributed by atoms with E-state index < -0.39 is 22.1 Å². The molecule has 24 heavy (non-hydrogen) atoms. The second kappa shape index (κ2) is 7.71. The molecule has 1 aromatic carbocycles. The quantitative estimate of drug-likeness (QED) is 0.841. The van der Waals surface area contributed by atoms with Gasteiger partial charge in [0.15, 0.2) is 0 Å². The van der Waals surface area contributed by atoms with Crippen LogP contribution in [0.3, 0.4) is 0 Å². The van der Waals surface area contributed by atoms with E-state index in [0.29, 0.717) is 19.0 Å². The number of nitrogens with one attached hydrogen (secondary N) is 1. The maximum atomic E-state index is 12.6. The summed E-state index contributed by atoms with van der Waals surface area (Å²) in [5.74, 6) is -0.0729. The van der Waals surface area contributed by atoms with E-state index in [-0.39, 0.29) is 4.90 Å². The summed E-state index contributed by atoms with van der Waals surface area (Å²) in [5, 5.41) is 3.07. The highest BCUT2D eigenvalue weighted by atomic mass is 32.2. The van der Waals surface area contributed by atoms with E-state index in [4.69, 9.17) is 0 Å². The first kappa shape index (κ1) is 19.0.